The summed E-state index contributed by atoms with van der Waals surface area (Å²) >= 11 is 0. The summed E-state index contributed by atoms with van der Waals surface area (Å²) < 4.78 is 25.9. The molecule has 2 rings (SSSR count). The predicted molar refractivity (Wildman–Crippen MR) is 68.8 cm³/mol. The van der Waals surface area contributed by atoms with Crippen LogP contribution in [0.4, 0.5) is 8.78 Å². The lowest BCUT2D eigenvalue weighted by Crippen LogP contribution is -2.41. The van der Waals surface area contributed by atoms with Crippen LogP contribution in [0, 0.1) is 11.6 Å². The molecule has 0 saturated carbocycles. The topological polar surface area (TPSA) is 41.1 Å². The largest absolute Gasteiger partial charge is 0.354 e. The van der Waals surface area contributed by atoms with Crippen molar-refractivity contribution in [1.29, 1.82) is 0 Å². The Hall–Kier alpha value is -1.49. The lowest BCUT2D eigenvalue weighted by Gasteiger charge is -2.16. The van der Waals surface area contributed by atoms with Crippen LogP contribution in [-0.4, -0.2) is 25.0 Å². The maximum atomic E-state index is 13.1. The van der Waals surface area contributed by atoms with Crippen LogP contribution in [0.3, 0.4) is 0 Å². The molecule has 3 nitrogen and oxygen atoms in total. The Morgan fingerprint density at radius 2 is 2.26 bits per heavy atom. The molecule has 1 aliphatic heterocycles. The highest BCUT2D eigenvalue weighted by atomic mass is 19.2. The molecule has 0 aromatic heterocycles. The van der Waals surface area contributed by atoms with Gasteiger partial charge in [0.1, 0.15) is 0 Å². The second-order valence-corrected chi connectivity index (χ2v) is 4.97. The van der Waals surface area contributed by atoms with Crippen LogP contribution in [0.25, 0.3) is 0 Å². The second-order valence-electron chi connectivity index (χ2n) is 4.97. The molecule has 1 aliphatic rings. The molecule has 1 aromatic rings. The number of rotatable bonds is 4. The zero-order valence-electron chi connectivity index (χ0n) is 10.9. The van der Waals surface area contributed by atoms with Crippen molar-refractivity contribution < 1.29 is 13.6 Å². The number of hydrogen-bond donors (Lipinski definition) is 2. The monoisotopic (exact) mass is 268 g/mol. The van der Waals surface area contributed by atoms with Crippen molar-refractivity contribution in [3.8, 4) is 0 Å². The Labute approximate surface area is 111 Å². The third-order valence-electron chi connectivity index (χ3n) is 3.47. The van der Waals surface area contributed by atoms with E-state index in [1.54, 1.807) is 6.07 Å². The summed E-state index contributed by atoms with van der Waals surface area (Å²) in [4.78, 5) is 11.8. The van der Waals surface area contributed by atoms with Crippen molar-refractivity contribution in [1.82, 2.24) is 10.6 Å². The first-order valence-corrected chi connectivity index (χ1v) is 6.54. The van der Waals surface area contributed by atoms with E-state index in [9.17, 15) is 13.6 Å². The van der Waals surface area contributed by atoms with Crippen molar-refractivity contribution in [3.63, 3.8) is 0 Å². The van der Waals surface area contributed by atoms with Crippen molar-refractivity contribution >= 4 is 5.91 Å². The van der Waals surface area contributed by atoms with E-state index in [1.165, 1.54) is 6.07 Å². The minimum atomic E-state index is -0.854. The average Bonchev–Trinajstić information content (AvgIpc) is 2.92. The first-order chi connectivity index (χ1) is 9.08. The van der Waals surface area contributed by atoms with Gasteiger partial charge in [-0.15, -0.1) is 0 Å². The molecule has 0 bridgehead atoms. The first kappa shape index (κ1) is 13.9. The van der Waals surface area contributed by atoms with Crippen LogP contribution in [-0.2, 0) is 4.79 Å². The number of carbonyl (C=O) groups is 1. The minimum Gasteiger partial charge on any atom is -0.354 e. The lowest BCUT2D eigenvalue weighted by molar-refractivity contribution is -0.122. The first-order valence-electron chi connectivity index (χ1n) is 6.54. The van der Waals surface area contributed by atoms with Gasteiger partial charge in [0.15, 0.2) is 11.6 Å². The van der Waals surface area contributed by atoms with Crippen molar-refractivity contribution in [2.24, 2.45) is 0 Å². The number of halogens is 2. The van der Waals surface area contributed by atoms with Gasteiger partial charge >= 0.3 is 0 Å². The van der Waals surface area contributed by atoms with Crippen LogP contribution < -0.4 is 10.6 Å². The van der Waals surface area contributed by atoms with E-state index >= 15 is 0 Å². The van der Waals surface area contributed by atoms with Gasteiger partial charge in [-0.25, -0.2) is 8.78 Å². The Morgan fingerprint density at radius 1 is 1.47 bits per heavy atom. The molecule has 1 fully saturated rings. The molecule has 5 heteroatoms. The SMILES string of the molecule is C[C@@H](CNC(=O)[C@@H]1CCCN1)c1ccc(F)c(F)c1. The van der Waals surface area contributed by atoms with E-state index in [2.05, 4.69) is 10.6 Å². The average molecular weight is 268 g/mol. The second kappa shape index (κ2) is 6.10. The van der Waals surface area contributed by atoms with Gasteiger partial charge in [0, 0.05) is 6.54 Å². The highest BCUT2D eigenvalue weighted by molar-refractivity contribution is 5.82. The molecule has 1 heterocycles. The fourth-order valence-electron chi connectivity index (χ4n) is 2.22. The lowest BCUT2D eigenvalue weighted by atomic mass is 10.0. The van der Waals surface area contributed by atoms with Gasteiger partial charge in [0.25, 0.3) is 0 Å². The molecule has 2 N–H and O–H groups in total. The molecule has 19 heavy (non-hydrogen) atoms. The fraction of sp³-hybridized carbons (Fsp3) is 0.500. The zero-order chi connectivity index (χ0) is 13.8. The van der Waals surface area contributed by atoms with Gasteiger partial charge in [0.2, 0.25) is 5.91 Å². The number of nitrogens with one attached hydrogen (secondary N) is 2. The van der Waals surface area contributed by atoms with Gasteiger partial charge < -0.3 is 10.6 Å². The molecule has 1 saturated heterocycles. The number of amides is 1. The Morgan fingerprint density at radius 3 is 2.89 bits per heavy atom. The highest BCUT2D eigenvalue weighted by Crippen LogP contribution is 2.17. The van der Waals surface area contributed by atoms with Gasteiger partial charge in [0.05, 0.1) is 6.04 Å². The quantitative estimate of drug-likeness (QED) is 0.876. The number of carbonyl (C=O) groups excluding carboxylic acids is 1. The van der Waals surface area contributed by atoms with E-state index in [-0.39, 0.29) is 17.9 Å². The molecule has 1 aromatic carbocycles. The van der Waals surface area contributed by atoms with Gasteiger partial charge in [-0.05, 0) is 43.0 Å². The van der Waals surface area contributed by atoms with E-state index in [4.69, 9.17) is 0 Å². The van der Waals surface area contributed by atoms with Crippen molar-refractivity contribution in [2.75, 3.05) is 13.1 Å². The summed E-state index contributed by atoms with van der Waals surface area (Å²) in [5, 5.41) is 5.95. The third kappa shape index (κ3) is 3.50. The molecule has 0 unspecified atom stereocenters. The smallest absolute Gasteiger partial charge is 0.237 e. The summed E-state index contributed by atoms with van der Waals surface area (Å²) in [7, 11) is 0. The number of hydrogen-bond acceptors (Lipinski definition) is 2. The summed E-state index contributed by atoms with van der Waals surface area (Å²) in [6.07, 6.45) is 1.86. The maximum Gasteiger partial charge on any atom is 0.237 e. The zero-order valence-corrected chi connectivity index (χ0v) is 10.9. The van der Waals surface area contributed by atoms with Crippen LogP contribution in [0.1, 0.15) is 31.2 Å². The Balaban J connectivity index is 1.88. The Kier molecular flexibility index (Phi) is 4.47. The van der Waals surface area contributed by atoms with Gasteiger partial charge in [-0.1, -0.05) is 13.0 Å². The molecular weight excluding hydrogens is 250 g/mol. The van der Waals surface area contributed by atoms with Gasteiger partial charge in [-0.2, -0.15) is 0 Å². The van der Waals surface area contributed by atoms with Crippen LogP contribution in [0.5, 0.6) is 0 Å². The molecule has 0 spiro atoms. The van der Waals surface area contributed by atoms with E-state index in [0.717, 1.165) is 25.5 Å². The van der Waals surface area contributed by atoms with E-state index < -0.39 is 11.6 Å². The third-order valence-corrected chi connectivity index (χ3v) is 3.47. The Bertz CT molecular complexity index is 459. The minimum absolute atomic E-state index is 0.0214. The van der Waals surface area contributed by atoms with Crippen molar-refractivity contribution in [2.45, 2.75) is 31.7 Å². The van der Waals surface area contributed by atoms with E-state index in [1.807, 2.05) is 6.92 Å². The van der Waals surface area contributed by atoms with Crippen LogP contribution in [0.15, 0.2) is 18.2 Å². The van der Waals surface area contributed by atoms with Crippen molar-refractivity contribution in [3.05, 3.63) is 35.4 Å². The van der Waals surface area contributed by atoms with Crippen LogP contribution >= 0.6 is 0 Å². The molecule has 1 amide bonds. The summed E-state index contributed by atoms with van der Waals surface area (Å²) in [5.74, 6) is -1.78. The van der Waals surface area contributed by atoms with Crippen LogP contribution in [0.2, 0.25) is 0 Å². The summed E-state index contributed by atoms with van der Waals surface area (Å²) in [5.41, 5.74) is 0.679. The molecule has 0 radical (unpaired) electrons. The summed E-state index contributed by atoms with van der Waals surface area (Å²) in [6, 6.07) is 3.72. The molecule has 104 valence electrons. The van der Waals surface area contributed by atoms with E-state index in [0.29, 0.717) is 12.1 Å². The molecule has 2 atom stereocenters. The maximum absolute atomic E-state index is 13.1. The molecule has 0 aliphatic carbocycles. The number of benzene rings is 1. The van der Waals surface area contributed by atoms with Gasteiger partial charge in [-0.3, -0.25) is 4.79 Å². The predicted octanol–water partition coefficient (Wildman–Crippen LogP) is 1.94. The summed E-state index contributed by atoms with van der Waals surface area (Å²) in [6.45, 7) is 3.16. The molecular formula is C14H18F2N2O. The normalized spacial score (nSPS) is 20.3. The highest BCUT2D eigenvalue weighted by Gasteiger charge is 2.22. The fourth-order valence-corrected chi connectivity index (χ4v) is 2.22. The standard InChI is InChI=1S/C14H18F2N2O/c1-9(10-4-5-11(15)12(16)7-10)8-18-14(19)13-3-2-6-17-13/h4-5,7,9,13,17H,2-3,6,8H2,1H3,(H,18,19)/t9-,13-/m0/s1.